The highest BCUT2D eigenvalue weighted by Crippen LogP contribution is 2.17. The Labute approximate surface area is 123 Å². The molecule has 0 aromatic rings. The first kappa shape index (κ1) is 15.8. The van der Waals surface area contributed by atoms with Crippen LogP contribution in [0, 0.1) is 0 Å². The minimum Gasteiger partial charge on any atom is -0.352 e. The van der Waals surface area contributed by atoms with E-state index in [0.717, 1.165) is 26.1 Å². The van der Waals surface area contributed by atoms with Gasteiger partial charge in [-0.25, -0.2) is 0 Å². The van der Waals surface area contributed by atoms with Crippen LogP contribution in [0.2, 0.25) is 0 Å². The van der Waals surface area contributed by atoms with Gasteiger partial charge in [0.05, 0.1) is 6.54 Å². The first-order valence-corrected chi connectivity index (χ1v) is 8.53. The number of hydrogen-bond acceptors (Lipinski definition) is 3. The number of rotatable bonds is 6. The smallest absolute Gasteiger partial charge is 0.234 e. The lowest BCUT2D eigenvalue weighted by molar-refractivity contribution is -0.123. The molecule has 1 atom stereocenters. The second-order valence-electron chi connectivity index (χ2n) is 6.37. The topological polar surface area (TPSA) is 44.4 Å². The first-order chi connectivity index (χ1) is 9.79. The average Bonchev–Trinajstić information content (AvgIpc) is 2.85. The van der Waals surface area contributed by atoms with Crippen molar-refractivity contribution in [3.8, 4) is 0 Å². The van der Waals surface area contributed by atoms with Crippen LogP contribution in [-0.4, -0.2) is 49.1 Å². The molecular weight excluding hydrogens is 250 g/mol. The summed E-state index contributed by atoms with van der Waals surface area (Å²) in [6.45, 7) is 5.94. The predicted octanol–water partition coefficient (Wildman–Crippen LogP) is 1.90. The number of nitrogens with zero attached hydrogens (tertiary/aromatic N) is 1. The van der Waals surface area contributed by atoms with Gasteiger partial charge in [-0.1, -0.05) is 32.6 Å². The molecule has 1 heterocycles. The molecule has 0 aromatic heterocycles. The van der Waals surface area contributed by atoms with Crippen molar-refractivity contribution in [3.63, 3.8) is 0 Å². The van der Waals surface area contributed by atoms with Crippen LogP contribution >= 0.6 is 0 Å². The monoisotopic (exact) mass is 281 g/mol. The number of carbonyl (C=O) groups is 1. The van der Waals surface area contributed by atoms with Gasteiger partial charge < -0.3 is 10.6 Å². The highest BCUT2D eigenvalue weighted by molar-refractivity contribution is 5.78. The molecule has 20 heavy (non-hydrogen) atoms. The summed E-state index contributed by atoms with van der Waals surface area (Å²) in [4.78, 5) is 14.7. The van der Waals surface area contributed by atoms with Crippen molar-refractivity contribution in [2.24, 2.45) is 0 Å². The quantitative estimate of drug-likeness (QED) is 0.731. The lowest BCUT2D eigenvalue weighted by Gasteiger charge is -2.28. The van der Waals surface area contributed by atoms with E-state index in [1.807, 2.05) is 0 Å². The molecule has 2 fully saturated rings. The first-order valence-electron chi connectivity index (χ1n) is 8.53. The Morgan fingerprint density at radius 1 is 1.20 bits per heavy atom. The Kier molecular flexibility index (Phi) is 6.80. The average molecular weight is 281 g/mol. The van der Waals surface area contributed by atoms with Crippen LogP contribution in [0.3, 0.4) is 0 Å². The summed E-state index contributed by atoms with van der Waals surface area (Å²) in [6.07, 6.45) is 9.86. The zero-order chi connectivity index (χ0) is 14.2. The lowest BCUT2D eigenvalue weighted by Crippen LogP contribution is -2.46. The second-order valence-corrected chi connectivity index (χ2v) is 6.37. The minimum atomic E-state index is 0.234. The summed E-state index contributed by atoms with van der Waals surface area (Å²) in [5, 5.41) is 6.67. The van der Waals surface area contributed by atoms with Gasteiger partial charge in [0.15, 0.2) is 0 Å². The standard InChI is InChI=1S/C16H31N3O/c1-2-11-19(15-9-10-17-12-15)13-16(20)18-14-7-5-3-4-6-8-14/h14-15,17H,2-13H2,1H3,(H,18,20). The molecule has 2 aliphatic rings. The molecule has 1 saturated carbocycles. The zero-order valence-electron chi connectivity index (χ0n) is 13.0. The summed E-state index contributed by atoms with van der Waals surface area (Å²) in [6, 6.07) is 0.977. The molecule has 0 radical (unpaired) electrons. The molecule has 1 aliphatic carbocycles. The van der Waals surface area contributed by atoms with Crippen molar-refractivity contribution in [1.82, 2.24) is 15.5 Å². The summed E-state index contributed by atoms with van der Waals surface area (Å²) in [5.74, 6) is 0.234. The summed E-state index contributed by atoms with van der Waals surface area (Å²) in [5.41, 5.74) is 0. The van der Waals surface area contributed by atoms with E-state index < -0.39 is 0 Å². The van der Waals surface area contributed by atoms with E-state index in [9.17, 15) is 4.79 Å². The fourth-order valence-electron chi connectivity index (χ4n) is 3.51. The maximum atomic E-state index is 12.3. The van der Waals surface area contributed by atoms with Gasteiger partial charge in [0.25, 0.3) is 0 Å². The molecule has 4 heteroatoms. The maximum Gasteiger partial charge on any atom is 0.234 e. The third-order valence-electron chi connectivity index (χ3n) is 4.63. The predicted molar refractivity (Wildman–Crippen MR) is 82.8 cm³/mol. The maximum absolute atomic E-state index is 12.3. The third kappa shape index (κ3) is 5.06. The van der Waals surface area contributed by atoms with Gasteiger partial charge in [-0.3, -0.25) is 9.69 Å². The van der Waals surface area contributed by atoms with Crippen molar-refractivity contribution in [2.75, 3.05) is 26.2 Å². The van der Waals surface area contributed by atoms with E-state index in [2.05, 4.69) is 22.5 Å². The van der Waals surface area contributed by atoms with Gasteiger partial charge >= 0.3 is 0 Å². The number of amides is 1. The summed E-state index contributed by atoms with van der Waals surface area (Å²) >= 11 is 0. The Hall–Kier alpha value is -0.610. The Bertz CT molecular complexity index is 281. The van der Waals surface area contributed by atoms with Crippen LogP contribution in [0.1, 0.15) is 58.3 Å². The van der Waals surface area contributed by atoms with Crippen LogP contribution < -0.4 is 10.6 Å². The fourth-order valence-corrected chi connectivity index (χ4v) is 3.51. The summed E-state index contributed by atoms with van der Waals surface area (Å²) in [7, 11) is 0. The molecule has 0 bridgehead atoms. The molecule has 4 nitrogen and oxygen atoms in total. The molecule has 0 spiro atoms. The highest BCUT2D eigenvalue weighted by Gasteiger charge is 2.24. The molecule has 1 saturated heterocycles. The SMILES string of the molecule is CCCN(CC(=O)NC1CCCCCC1)C1CCNC1. The molecule has 1 aliphatic heterocycles. The van der Waals surface area contributed by atoms with Crippen molar-refractivity contribution in [3.05, 3.63) is 0 Å². The van der Waals surface area contributed by atoms with E-state index in [-0.39, 0.29) is 5.91 Å². The van der Waals surface area contributed by atoms with E-state index in [1.54, 1.807) is 0 Å². The molecule has 2 rings (SSSR count). The van der Waals surface area contributed by atoms with E-state index in [4.69, 9.17) is 0 Å². The van der Waals surface area contributed by atoms with E-state index in [0.29, 0.717) is 18.6 Å². The normalized spacial score (nSPS) is 24.8. The van der Waals surface area contributed by atoms with Crippen LogP contribution in [0.15, 0.2) is 0 Å². The van der Waals surface area contributed by atoms with Crippen LogP contribution in [0.4, 0.5) is 0 Å². The third-order valence-corrected chi connectivity index (χ3v) is 4.63. The minimum absolute atomic E-state index is 0.234. The molecular formula is C16H31N3O. The zero-order valence-corrected chi connectivity index (χ0v) is 13.0. The Balaban J connectivity index is 1.77. The molecule has 2 N–H and O–H groups in total. The van der Waals surface area contributed by atoms with Gasteiger partial charge in [0.2, 0.25) is 5.91 Å². The van der Waals surface area contributed by atoms with Crippen LogP contribution in [-0.2, 0) is 4.79 Å². The van der Waals surface area contributed by atoms with E-state index in [1.165, 1.54) is 44.9 Å². The van der Waals surface area contributed by atoms with Gasteiger partial charge in [0.1, 0.15) is 0 Å². The largest absolute Gasteiger partial charge is 0.352 e. The van der Waals surface area contributed by atoms with Crippen molar-refractivity contribution < 1.29 is 4.79 Å². The summed E-state index contributed by atoms with van der Waals surface area (Å²) < 4.78 is 0. The van der Waals surface area contributed by atoms with Gasteiger partial charge in [0, 0.05) is 18.6 Å². The van der Waals surface area contributed by atoms with Crippen LogP contribution in [0.5, 0.6) is 0 Å². The Morgan fingerprint density at radius 2 is 1.95 bits per heavy atom. The lowest BCUT2D eigenvalue weighted by atomic mass is 10.1. The molecule has 1 unspecified atom stereocenters. The van der Waals surface area contributed by atoms with Crippen molar-refractivity contribution in [1.29, 1.82) is 0 Å². The number of hydrogen-bond donors (Lipinski definition) is 2. The van der Waals surface area contributed by atoms with Gasteiger partial charge in [-0.15, -0.1) is 0 Å². The molecule has 0 aromatic carbocycles. The van der Waals surface area contributed by atoms with Crippen molar-refractivity contribution >= 4 is 5.91 Å². The van der Waals surface area contributed by atoms with Crippen molar-refractivity contribution in [2.45, 2.75) is 70.4 Å². The van der Waals surface area contributed by atoms with E-state index >= 15 is 0 Å². The van der Waals surface area contributed by atoms with Gasteiger partial charge in [-0.05, 0) is 38.8 Å². The highest BCUT2D eigenvalue weighted by atomic mass is 16.2. The van der Waals surface area contributed by atoms with Crippen LogP contribution in [0.25, 0.3) is 0 Å². The molecule has 116 valence electrons. The fraction of sp³-hybridized carbons (Fsp3) is 0.938. The second kappa shape index (κ2) is 8.63. The number of nitrogens with one attached hydrogen (secondary N) is 2. The van der Waals surface area contributed by atoms with Gasteiger partial charge in [-0.2, -0.15) is 0 Å². The Morgan fingerprint density at radius 3 is 2.55 bits per heavy atom. The molecule has 1 amide bonds. The number of carbonyl (C=O) groups excluding carboxylic acids is 1.